The summed E-state index contributed by atoms with van der Waals surface area (Å²) in [6.07, 6.45) is 0.859. The number of thiazole rings is 1. The number of ether oxygens (including phenoxy) is 1. The van der Waals surface area contributed by atoms with Crippen molar-refractivity contribution in [2.24, 2.45) is 0 Å². The molecular formula is C26H37N5O7SSi. The normalized spacial score (nSPS) is 12.7. The molecule has 4 N–H and O–H groups in total. The molecular weight excluding hydrogens is 554 g/mol. The van der Waals surface area contributed by atoms with Crippen LogP contribution in [-0.4, -0.2) is 65.5 Å². The Morgan fingerprint density at radius 3 is 2.30 bits per heavy atom. The summed E-state index contributed by atoms with van der Waals surface area (Å²) in [6, 6.07) is 2.07. The number of nitrogens with one attached hydrogen (secondary N) is 3. The van der Waals surface area contributed by atoms with Crippen LogP contribution in [0.2, 0.25) is 18.1 Å². The summed E-state index contributed by atoms with van der Waals surface area (Å²) in [6.45, 7) is 18.5. The molecule has 3 amide bonds. The maximum absolute atomic E-state index is 13.0. The molecule has 0 fully saturated rings. The van der Waals surface area contributed by atoms with Crippen molar-refractivity contribution in [3.05, 3.63) is 41.7 Å². The molecule has 2 heterocycles. The fourth-order valence-electron chi connectivity index (χ4n) is 2.73. The fourth-order valence-corrected chi connectivity index (χ4v) is 4.53. The summed E-state index contributed by atoms with van der Waals surface area (Å²) in [4.78, 5) is 57.5. The van der Waals surface area contributed by atoms with Gasteiger partial charge in [0.25, 0.3) is 5.91 Å². The van der Waals surface area contributed by atoms with Crippen LogP contribution in [0.1, 0.15) is 52.0 Å². The van der Waals surface area contributed by atoms with Crippen LogP contribution in [-0.2, 0) is 18.8 Å². The van der Waals surface area contributed by atoms with E-state index < -0.39 is 49.5 Å². The molecule has 0 saturated heterocycles. The molecule has 14 heteroatoms. The number of aliphatic carboxylic acids is 1. The highest BCUT2D eigenvalue weighted by Gasteiger charge is 2.38. The second kappa shape index (κ2) is 12.7. The molecule has 0 aliphatic rings. The molecule has 2 rings (SSSR count). The van der Waals surface area contributed by atoms with E-state index in [1.807, 2.05) is 33.9 Å². The number of hydrogen-bond acceptors (Lipinski definition) is 9. The molecule has 40 heavy (non-hydrogen) atoms. The summed E-state index contributed by atoms with van der Waals surface area (Å²) in [7, 11) is -2.30. The van der Waals surface area contributed by atoms with Crippen LogP contribution in [0.5, 0.6) is 0 Å². The lowest BCUT2D eigenvalue weighted by molar-refractivity contribution is -0.135. The first kappa shape index (κ1) is 32.6. The lowest BCUT2D eigenvalue weighted by atomic mass is 10.2. The molecule has 0 bridgehead atoms. The predicted octanol–water partition coefficient (Wildman–Crippen LogP) is 4.39. The fraction of sp³-hybridized carbons (Fsp3) is 0.462. The number of carboxylic acid groups (broad SMARTS) is 1. The van der Waals surface area contributed by atoms with Crippen molar-refractivity contribution < 1.29 is 33.4 Å². The second-order valence-electron chi connectivity index (χ2n) is 11.5. The van der Waals surface area contributed by atoms with E-state index in [1.54, 1.807) is 32.9 Å². The van der Waals surface area contributed by atoms with Gasteiger partial charge in [-0.05, 0) is 51.0 Å². The van der Waals surface area contributed by atoms with Crippen molar-refractivity contribution in [2.75, 3.05) is 11.9 Å². The molecule has 0 aliphatic heterocycles. The maximum Gasteiger partial charge on any atom is 0.413 e. The number of carboxylic acids is 1. The van der Waals surface area contributed by atoms with Gasteiger partial charge in [0.15, 0.2) is 8.32 Å². The predicted molar refractivity (Wildman–Crippen MR) is 155 cm³/mol. The highest BCUT2D eigenvalue weighted by atomic mass is 32.1. The molecule has 218 valence electrons. The van der Waals surface area contributed by atoms with Crippen molar-refractivity contribution in [1.29, 1.82) is 0 Å². The highest BCUT2D eigenvalue weighted by Crippen LogP contribution is 2.36. The standard InChI is InChI=1S/C26H37N5O7SSi/c1-15(23(34)35)28-20(32)17(13-37-40(8,9)26(5,6)7)29-21(33)18-14-39-22(30-18)16-10-11-19(27-12-16)31-24(36)38-25(2,3)4/h10-12,14,17H,1,13H2,2-9H3,(H,28,32)(H,29,33)(H,34,35)(H,27,31,36). The number of anilines is 1. The first-order valence-corrected chi connectivity index (χ1v) is 16.2. The van der Waals surface area contributed by atoms with Crippen LogP contribution in [0.15, 0.2) is 36.0 Å². The average Bonchev–Trinajstić information content (AvgIpc) is 3.30. The quantitative estimate of drug-likeness (QED) is 0.231. The van der Waals surface area contributed by atoms with Crippen molar-refractivity contribution in [3.63, 3.8) is 0 Å². The van der Waals surface area contributed by atoms with Crippen LogP contribution < -0.4 is 16.0 Å². The van der Waals surface area contributed by atoms with Gasteiger partial charge in [-0.2, -0.15) is 0 Å². The number of aromatic nitrogens is 2. The van der Waals surface area contributed by atoms with Gasteiger partial charge in [-0.1, -0.05) is 27.4 Å². The zero-order valence-corrected chi connectivity index (χ0v) is 25.8. The smallest absolute Gasteiger partial charge is 0.413 e. The minimum absolute atomic E-state index is 0.0538. The zero-order valence-electron chi connectivity index (χ0n) is 24.0. The van der Waals surface area contributed by atoms with E-state index in [-0.39, 0.29) is 23.2 Å². The van der Waals surface area contributed by atoms with Gasteiger partial charge in [-0.15, -0.1) is 11.3 Å². The molecule has 0 saturated carbocycles. The Morgan fingerprint density at radius 1 is 1.12 bits per heavy atom. The van der Waals surface area contributed by atoms with E-state index in [4.69, 9.17) is 14.3 Å². The molecule has 12 nitrogen and oxygen atoms in total. The zero-order chi connectivity index (χ0) is 30.5. The number of nitrogens with zero attached hydrogens (tertiary/aromatic N) is 2. The summed E-state index contributed by atoms with van der Waals surface area (Å²) in [5, 5.41) is 18.3. The van der Waals surface area contributed by atoms with E-state index in [1.165, 1.54) is 22.9 Å². The summed E-state index contributed by atoms with van der Waals surface area (Å²) in [5.41, 5.74) is -0.516. The lowest BCUT2D eigenvalue weighted by Crippen LogP contribution is -2.52. The Kier molecular flexibility index (Phi) is 10.3. The first-order valence-electron chi connectivity index (χ1n) is 12.4. The largest absolute Gasteiger partial charge is 0.477 e. The maximum atomic E-state index is 13.0. The SMILES string of the molecule is C=C(NC(=O)C(CO[Si](C)(C)C(C)(C)C)NC(=O)c1csc(-c2ccc(NC(=O)OC(C)(C)C)nc2)n1)C(=O)O. The van der Waals surface area contributed by atoms with Gasteiger partial charge in [0, 0.05) is 17.1 Å². The third kappa shape index (κ3) is 9.53. The van der Waals surface area contributed by atoms with Crippen LogP contribution in [0.4, 0.5) is 10.6 Å². The second-order valence-corrected chi connectivity index (χ2v) is 17.1. The lowest BCUT2D eigenvalue weighted by Gasteiger charge is -2.37. The van der Waals surface area contributed by atoms with E-state index in [2.05, 4.69) is 32.5 Å². The van der Waals surface area contributed by atoms with Crippen LogP contribution in [0.3, 0.4) is 0 Å². The monoisotopic (exact) mass is 591 g/mol. The minimum atomic E-state index is -2.30. The van der Waals surface area contributed by atoms with Gasteiger partial charge >= 0.3 is 12.1 Å². The van der Waals surface area contributed by atoms with Crippen molar-refractivity contribution in [1.82, 2.24) is 20.6 Å². The topological polar surface area (TPSA) is 169 Å². The van der Waals surface area contributed by atoms with Gasteiger partial charge in [0.2, 0.25) is 5.91 Å². The Bertz CT molecular complexity index is 1260. The first-order chi connectivity index (χ1) is 18.3. The van der Waals surface area contributed by atoms with Gasteiger partial charge in [-0.25, -0.2) is 19.6 Å². The third-order valence-corrected chi connectivity index (χ3v) is 11.3. The molecule has 0 spiro atoms. The van der Waals surface area contributed by atoms with E-state index in [9.17, 15) is 19.2 Å². The van der Waals surface area contributed by atoms with E-state index >= 15 is 0 Å². The van der Waals surface area contributed by atoms with Gasteiger partial charge < -0.3 is 24.9 Å². The van der Waals surface area contributed by atoms with Crippen molar-refractivity contribution >= 4 is 49.3 Å². The van der Waals surface area contributed by atoms with Crippen molar-refractivity contribution in [2.45, 2.75) is 71.3 Å². The molecule has 0 aromatic carbocycles. The molecule has 0 aliphatic carbocycles. The number of carbonyl (C=O) groups excluding carboxylic acids is 3. The summed E-state index contributed by atoms with van der Waals surface area (Å²) in [5.74, 6) is -2.52. The number of rotatable bonds is 10. The summed E-state index contributed by atoms with van der Waals surface area (Å²) >= 11 is 1.19. The van der Waals surface area contributed by atoms with E-state index in [0.29, 0.717) is 10.6 Å². The van der Waals surface area contributed by atoms with Crippen LogP contribution in [0.25, 0.3) is 10.6 Å². The molecule has 2 aromatic heterocycles. The van der Waals surface area contributed by atoms with Gasteiger partial charge in [-0.3, -0.25) is 14.9 Å². The molecule has 1 atom stereocenters. The van der Waals surface area contributed by atoms with E-state index in [0.717, 1.165) is 0 Å². The number of amides is 3. The Balaban J connectivity index is 2.15. The van der Waals surface area contributed by atoms with Gasteiger partial charge in [0.1, 0.15) is 33.9 Å². The molecule has 1 unspecified atom stereocenters. The number of carbonyl (C=O) groups is 4. The summed E-state index contributed by atoms with van der Waals surface area (Å²) < 4.78 is 11.3. The molecule has 0 radical (unpaired) electrons. The Labute approximate surface area is 238 Å². The van der Waals surface area contributed by atoms with Crippen LogP contribution in [0, 0.1) is 0 Å². The third-order valence-electron chi connectivity index (χ3n) is 5.95. The van der Waals surface area contributed by atoms with Crippen molar-refractivity contribution in [3.8, 4) is 10.6 Å². The number of pyridine rings is 1. The Morgan fingerprint density at radius 2 is 1.77 bits per heavy atom. The molecule has 2 aromatic rings. The van der Waals surface area contributed by atoms with Crippen LogP contribution >= 0.6 is 11.3 Å². The Hall–Kier alpha value is -3.62. The highest BCUT2D eigenvalue weighted by molar-refractivity contribution is 7.13. The average molecular weight is 592 g/mol. The minimum Gasteiger partial charge on any atom is -0.477 e. The van der Waals surface area contributed by atoms with Gasteiger partial charge in [0.05, 0.1) is 6.61 Å². The number of hydrogen-bond donors (Lipinski definition) is 4.